The lowest BCUT2D eigenvalue weighted by atomic mass is 10.2. The molecule has 0 aliphatic heterocycles. The molecule has 0 amide bonds. The van der Waals surface area contributed by atoms with Crippen LogP contribution < -0.4 is 5.32 Å². The summed E-state index contributed by atoms with van der Waals surface area (Å²) in [6.45, 7) is 3.26. The van der Waals surface area contributed by atoms with Gasteiger partial charge in [-0.05, 0) is 30.7 Å². The maximum absolute atomic E-state index is 4.08. The Kier molecular flexibility index (Phi) is 5.08. The zero-order chi connectivity index (χ0) is 12.6. The number of anilines is 1. The van der Waals surface area contributed by atoms with Crippen LogP contribution in [0.25, 0.3) is 0 Å². The van der Waals surface area contributed by atoms with Crippen LogP contribution in [0.3, 0.4) is 0 Å². The topological polar surface area (TPSA) is 53.6 Å². The first-order valence-electron chi connectivity index (χ1n) is 6.25. The Morgan fingerprint density at radius 3 is 2.72 bits per heavy atom. The largest absolute Gasteiger partial charge is 0.385 e. The highest BCUT2D eigenvalue weighted by atomic mass is 32.2. The zero-order valence-electron chi connectivity index (χ0n) is 10.5. The normalized spacial score (nSPS) is 10.5. The fourth-order valence-corrected chi connectivity index (χ4v) is 2.30. The van der Waals surface area contributed by atoms with E-state index in [1.165, 1.54) is 31.3 Å². The Morgan fingerprint density at radius 1 is 1.22 bits per heavy atom. The first kappa shape index (κ1) is 13.0. The molecule has 0 fully saturated rings. The van der Waals surface area contributed by atoms with E-state index in [1.807, 2.05) is 0 Å². The molecular weight excluding hydrogens is 244 g/mol. The van der Waals surface area contributed by atoms with Crippen LogP contribution in [0.2, 0.25) is 0 Å². The molecule has 1 aromatic heterocycles. The van der Waals surface area contributed by atoms with Crippen LogP contribution in [0.5, 0.6) is 0 Å². The Bertz CT molecular complexity index is 439. The number of rotatable bonds is 7. The van der Waals surface area contributed by atoms with Gasteiger partial charge in [-0.2, -0.15) is 5.10 Å². The summed E-state index contributed by atoms with van der Waals surface area (Å²) >= 11 is 1.58. The second-order valence-electron chi connectivity index (χ2n) is 4.05. The number of nitrogens with zero attached hydrogens (tertiary/aromatic N) is 2. The summed E-state index contributed by atoms with van der Waals surface area (Å²) in [4.78, 5) is 5.24. The second kappa shape index (κ2) is 7.06. The predicted octanol–water partition coefficient (Wildman–Crippen LogP) is 3.56. The van der Waals surface area contributed by atoms with E-state index in [4.69, 9.17) is 0 Å². The molecule has 2 N–H and O–H groups in total. The number of unbranched alkanes of at least 4 members (excludes halogenated alkanes) is 2. The minimum absolute atomic E-state index is 0.818. The molecule has 0 spiro atoms. The van der Waals surface area contributed by atoms with Gasteiger partial charge in [0.15, 0.2) is 5.16 Å². The first-order chi connectivity index (χ1) is 8.88. The van der Waals surface area contributed by atoms with Crippen LogP contribution in [0.1, 0.15) is 26.2 Å². The van der Waals surface area contributed by atoms with Crippen LogP contribution in [-0.4, -0.2) is 21.7 Å². The van der Waals surface area contributed by atoms with Gasteiger partial charge in [0.05, 0.1) is 0 Å². The molecule has 96 valence electrons. The minimum atomic E-state index is 0.818. The third kappa shape index (κ3) is 4.07. The van der Waals surface area contributed by atoms with Crippen molar-refractivity contribution in [3.63, 3.8) is 0 Å². The van der Waals surface area contributed by atoms with Crippen molar-refractivity contribution in [2.24, 2.45) is 0 Å². The van der Waals surface area contributed by atoms with E-state index in [9.17, 15) is 0 Å². The molecule has 1 aromatic carbocycles. The van der Waals surface area contributed by atoms with E-state index in [2.05, 4.69) is 51.7 Å². The van der Waals surface area contributed by atoms with Gasteiger partial charge >= 0.3 is 0 Å². The number of nitrogens with one attached hydrogen (secondary N) is 2. The third-order valence-electron chi connectivity index (χ3n) is 2.57. The van der Waals surface area contributed by atoms with Gasteiger partial charge in [0.25, 0.3) is 0 Å². The van der Waals surface area contributed by atoms with Gasteiger partial charge in [0, 0.05) is 17.1 Å². The Labute approximate surface area is 112 Å². The molecule has 1 heterocycles. The summed E-state index contributed by atoms with van der Waals surface area (Å²) in [5.74, 6) is 0. The molecule has 4 nitrogen and oxygen atoms in total. The zero-order valence-corrected chi connectivity index (χ0v) is 11.3. The van der Waals surface area contributed by atoms with Gasteiger partial charge < -0.3 is 5.32 Å². The quantitative estimate of drug-likeness (QED) is 0.749. The van der Waals surface area contributed by atoms with Crippen LogP contribution >= 0.6 is 11.8 Å². The second-order valence-corrected chi connectivity index (χ2v) is 5.11. The van der Waals surface area contributed by atoms with Gasteiger partial charge in [-0.1, -0.05) is 31.5 Å². The molecule has 0 aliphatic rings. The highest BCUT2D eigenvalue weighted by molar-refractivity contribution is 7.99. The molecule has 0 atom stereocenters. The van der Waals surface area contributed by atoms with Crippen molar-refractivity contribution in [2.75, 3.05) is 11.9 Å². The smallest absolute Gasteiger partial charge is 0.188 e. The summed E-state index contributed by atoms with van der Waals surface area (Å²) in [6.07, 6.45) is 5.29. The van der Waals surface area contributed by atoms with E-state index in [-0.39, 0.29) is 0 Å². The summed E-state index contributed by atoms with van der Waals surface area (Å²) in [7, 11) is 0. The molecule has 0 unspecified atom stereocenters. The van der Waals surface area contributed by atoms with Gasteiger partial charge in [-0.3, -0.25) is 5.10 Å². The van der Waals surface area contributed by atoms with Crippen LogP contribution in [0.15, 0.2) is 40.6 Å². The first-order valence-corrected chi connectivity index (χ1v) is 7.07. The third-order valence-corrected chi connectivity index (χ3v) is 3.47. The highest BCUT2D eigenvalue weighted by Crippen LogP contribution is 2.25. The maximum Gasteiger partial charge on any atom is 0.188 e. The number of aromatic nitrogens is 3. The van der Waals surface area contributed by atoms with E-state index in [1.54, 1.807) is 11.8 Å². The maximum atomic E-state index is 4.08. The van der Waals surface area contributed by atoms with Crippen molar-refractivity contribution < 1.29 is 0 Å². The molecule has 2 rings (SSSR count). The van der Waals surface area contributed by atoms with Crippen molar-refractivity contribution in [1.82, 2.24) is 15.2 Å². The van der Waals surface area contributed by atoms with Crippen LogP contribution in [0, 0.1) is 0 Å². The van der Waals surface area contributed by atoms with Gasteiger partial charge in [0.2, 0.25) is 0 Å². The lowest BCUT2D eigenvalue weighted by Crippen LogP contribution is -2.00. The number of hydrogen-bond donors (Lipinski definition) is 2. The number of benzene rings is 1. The Balaban J connectivity index is 1.82. The molecule has 0 radical (unpaired) electrons. The summed E-state index contributed by atoms with van der Waals surface area (Å²) in [5, 5.41) is 10.9. The summed E-state index contributed by atoms with van der Waals surface area (Å²) in [6, 6.07) is 8.39. The average molecular weight is 262 g/mol. The van der Waals surface area contributed by atoms with Gasteiger partial charge in [0.1, 0.15) is 6.33 Å². The van der Waals surface area contributed by atoms with E-state index < -0.39 is 0 Å². The van der Waals surface area contributed by atoms with E-state index >= 15 is 0 Å². The molecule has 0 saturated heterocycles. The van der Waals surface area contributed by atoms with Crippen molar-refractivity contribution in [3.8, 4) is 0 Å². The average Bonchev–Trinajstić information content (AvgIpc) is 2.89. The van der Waals surface area contributed by atoms with E-state index in [0.717, 1.165) is 16.6 Å². The molecular formula is C13H18N4S. The monoisotopic (exact) mass is 262 g/mol. The fourth-order valence-electron chi connectivity index (χ4n) is 1.60. The molecule has 2 aromatic rings. The predicted molar refractivity (Wildman–Crippen MR) is 75.0 cm³/mol. The highest BCUT2D eigenvalue weighted by Gasteiger charge is 1.99. The molecule has 5 heteroatoms. The SMILES string of the molecule is CCCCCNc1ccc(Sc2ncn[nH]2)cc1. The van der Waals surface area contributed by atoms with Crippen LogP contribution in [0.4, 0.5) is 5.69 Å². The molecule has 0 aliphatic carbocycles. The summed E-state index contributed by atoms with van der Waals surface area (Å²) in [5.41, 5.74) is 1.17. The Morgan fingerprint density at radius 2 is 2.06 bits per heavy atom. The van der Waals surface area contributed by atoms with Crippen molar-refractivity contribution >= 4 is 17.4 Å². The molecule has 18 heavy (non-hydrogen) atoms. The lowest BCUT2D eigenvalue weighted by molar-refractivity contribution is 0.744. The summed E-state index contributed by atoms with van der Waals surface area (Å²) < 4.78 is 0. The number of H-pyrrole nitrogens is 1. The van der Waals surface area contributed by atoms with Crippen molar-refractivity contribution in [1.29, 1.82) is 0 Å². The number of hydrogen-bond acceptors (Lipinski definition) is 4. The standard InChI is InChI=1S/C13H18N4S/c1-2-3-4-9-14-11-5-7-12(8-6-11)18-13-15-10-16-17-13/h5-8,10,14H,2-4,9H2,1H3,(H,15,16,17). The minimum Gasteiger partial charge on any atom is -0.385 e. The van der Waals surface area contributed by atoms with Gasteiger partial charge in [-0.15, -0.1) is 0 Å². The van der Waals surface area contributed by atoms with Gasteiger partial charge in [-0.25, -0.2) is 4.98 Å². The lowest BCUT2D eigenvalue weighted by Gasteiger charge is -2.06. The van der Waals surface area contributed by atoms with Crippen molar-refractivity contribution in [2.45, 2.75) is 36.2 Å². The van der Waals surface area contributed by atoms with Crippen molar-refractivity contribution in [3.05, 3.63) is 30.6 Å². The molecule has 0 bridgehead atoms. The van der Waals surface area contributed by atoms with E-state index in [0.29, 0.717) is 0 Å². The Hall–Kier alpha value is -1.49. The molecule has 0 saturated carbocycles. The number of aromatic amines is 1. The van der Waals surface area contributed by atoms with Crippen LogP contribution in [-0.2, 0) is 0 Å². The fraction of sp³-hybridized carbons (Fsp3) is 0.385.